The van der Waals surface area contributed by atoms with Crippen LogP contribution in [0, 0.1) is 16.7 Å². The Labute approximate surface area is 106 Å². The van der Waals surface area contributed by atoms with Crippen molar-refractivity contribution < 1.29 is 4.79 Å². The molecular formula is C13H18N2OS. The predicted octanol–water partition coefficient (Wildman–Crippen LogP) is 3.26. The molecule has 3 nitrogen and oxygen atoms in total. The summed E-state index contributed by atoms with van der Waals surface area (Å²) in [6.45, 7) is 5.69. The zero-order chi connectivity index (χ0) is 12.9. The number of carbonyl (C=O) groups is 1. The van der Waals surface area contributed by atoms with Gasteiger partial charge in [-0.1, -0.05) is 13.8 Å². The molecule has 0 aliphatic carbocycles. The third kappa shape index (κ3) is 2.86. The maximum atomic E-state index is 12.1. The number of hydrogen-bond donors (Lipinski definition) is 1. The average molecular weight is 250 g/mol. The van der Waals surface area contributed by atoms with E-state index < -0.39 is 5.41 Å². The Kier molecular flexibility index (Phi) is 4.71. The van der Waals surface area contributed by atoms with Crippen molar-refractivity contribution in [2.24, 2.45) is 5.41 Å². The maximum absolute atomic E-state index is 12.1. The van der Waals surface area contributed by atoms with Crippen molar-refractivity contribution >= 4 is 17.2 Å². The molecule has 92 valence electrons. The maximum Gasteiger partial charge on any atom is 0.240 e. The van der Waals surface area contributed by atoms with E-state index in [-0.39, 0.29) is 11.9 Å². The molecule has 4 heteroatoms. The van der Waals surface area contributed by atoms with E-state index >= 15 is 0 Å². The van der Waals surface area contributed by atoms with Crippen LogP contribution in [0.3, 0.4) is 0 Å². The van der Waals surface area contributed by atoms with Gasteiger partial charge in [-0.2, -0.15) is 16.6 Å². The Hall–Kier alpha value is -1.34. The fraction of sp³-hybridized carbons (Fsp3) is 0.538. The van der Waals surface area contributed by atoms with Crippen molar-refractivity contribution in [2.75, 3.05) is 0 Å². The van der Waals surface area contributed by atoms with Crippen LogP contribution in [-0.4, -0.2) is 5.91 Å². The zero-order valence-corrected chi connectivity index (χ0v) is 11.3. The lowest BCUT2D eigenvalue weighted by molar-refractivity contribution is -0.129. The summed E-state index contributed by atoms with van der Waals surface area (Å²) < 4.78 is 0. The average Bonchev–Trinajstić information content (AvgIpc) is 2.85. The van der Waals surface area contributed by atoms with Crippen LogP contribution < -0.4 is 5.32 Å². The SMILES string of the molecule is CCC(C#N)(CC)C(=O)NC(C)c1ccsc1. The summed E-state index contributed by atoms with van der Waals surface area (Å²) in [6, 6.07) is 4.10. The van der Waals surface area contributed by atoms with Gasteiger partial charge in [-0.05, 0) is 42.2 Å². The molecule has 1 aromatic rings. The Morgan fingerprint density at radius 3 is 2.65 bits per heavy atom. The summed E-state index contributed by atoms with van der Waals surface area (Å²) in [5.41, 5.74) is 0.201. The number of amides is 1. The van der Waals surface area contributed by atoms with Gasteiger partial charge in [0.15, 0.2) is 0 Å². The third-order valence-corrected chi connectivity index (χ3v) is 3.95. The molecular weight excluding hydrogens is 232 g/mol. The molecule has 1 atom stereocenters. The molecule has 0 aliphatic heterocycles. The van der Waals surface area contributed by atoms with Gasteiger partial charge in [0.05, 0.1) is 12.1 Å². The van der Waals surface area contributed by atoms with Crippen molar-refractivity contribution in [1.29, 1.82) is 5.26 Å². The summed E-state index contributed by atoms with van der Waals surface area (Å²) in [5.74, 6) is -0.163. The molecule has 17 heavy (non-hydrogen) atoms. The fourth-order valence-corrected chi connectivity index (χ4v) is 2.47. The van der Waals surface area contributed by atoms with Crippen LogP contribution in [0.25, 0.3) is 0 Å². The lowest BCUT2D eigenvalue weighted by atomic mass is 9.83. The number of nitrogens with zero attached hydrogens (tertiary/aromatic N) is 1. The van der Waals surface area contributed by atoms with E-state index in [1.807, 2.05) is 37.6 Å². The molecule has 1 heterocycles. The quantitative estimate of drug-likeness (QED) is 0.872. The van der Waals surface area contributed by atoms with Gasteiger partial charge in [-0.3, -0.25) is 4.79 Å². The minimum absolute atomic E-state index is 0.0421. The van der Waals surface area contributed by atoms with E-state index in [4.69, 9.17) is 0 Å². The van der Waals surface area contributed by atoms with E-state index in [0.29, 0.717) is 12.8 Å². The Morgan fingerprint density at radius 2 is 2.24 bits per heavy atom. The molecule has 0 aromatic carbocycles. The van der Waals surface area contributed by atoms with Gasteiger partial charge in [0.1, 0.15) is 5.41 Å². The molecule has 0 saturated carbocycles. The number of nitrogens with one attached hydrogen (secondary N) is 1. The van der Waals surface area contributed by atoms with E-state index in [9.17, 15) is 10.1 Å². The highest BCUT2D eigenvalue weighted by Crippen LogP contribution is 2.27. The van der Waals surface area contributed by atoms with Gasteiger partial charge in [0.2, 0.25) is 5.91 Å². The van der Waals surface area contributed by atoms with Crippen molar-refractivity contribution in [2.45, 2.75) is 39.7 Å². The molecule has 0 aliphatic rings. The van der Waals surface area contributed by atoms with Crippen molar-refractivity contribution in [3.8, 4) is 6.07 Å². The Morgan fingerprint density at radius 1 is 1.59 bits per heavy atom. The second-order valence-electron chi connectivity index (χ2n) is 4.15. The van der Waals surface area contributed by atoms with Gasteiger partial charge >= 0.3 is 0 Å². The molecule has 1 N–H and O–H groups in total. The van der Waals surface area contributed by atoms with E-state index in [1.54, 1.807) is 11.3 Å². The van der Waals surface area contributed by atoms with Crippen LogP contribution in [0.4, 0.5) is 0 Å². The normalized spacial score (nSPS) is 12.8. The van der Waals surface area contributed by atoms with Gasteiger partial charge < -0.3 is 5.32 Å². The van der Waals surface area contributed by atoms with Crippen LogP contribution >= 0.6 is 11.3 Å². The highest BCUT2D eigenvalue weighted by atomic mass is 32.1. The van der Waals surface area contributed by atoms with Crippen molar-refractivity contribution in [1.82, 2.24) is 5.32 Å². The molecule has 1 aromatic heterocycles. The van der Waals surface area contributed by atoms with E-state index in [1.165, 1.54) is 0 Å². The van der Waals surface area contributed by atoms with E-state index in [0.717, 1.165) is 5.56 Å². The summed E-state index contributed by atoms with van der Waals surface area (Å²) in [4.78, 5) is 12.1. The number of carbonyl (C=O) groups excluding carboxylic acids is 1. The number of hydrogen-bond acceptors (Lipinski definition) is 3. The molecule has 1 unspecified atom stereocenters. The van der Waals surface area contributed by atoms with E-state index in [2.05, 4.69) is 11.4 Å². The molecule has 0 fully saturated rings. The minimum atomic E-state index is -0.885. The third-order valence-electron chi connectivity index (χ3n) is 3.25. The number of thiophene rings is 1. The summed E-state index contributed by atoms with van der Waals surface area (Å²) in [5, 5.41) is 16.1. The molecule has 0 bridgehead atoms. The van der Waals surface area contributed by atoms with Crippen LogP contribution in [0.15, 0.2) is 16.8 Å². The zero-order valence-electron chi connectivity index (χ0n) is 10.5. The predicted molar refractivity (Wildman–Crippen MR) is 69.5 cm³/mol. The lowest BCUT2D eigenvalue weighted by Gasteiger charge is -2.24. The largest absolute Gasteiger partial charge is 0.348 e. The van der Waals surface area contributed by atoms with Gasteiger partial charge in [-0.15, -0.1) is 0 Å². The van der Waals surface area contributed by atoms with Crippen LogP contribution in [-0.2, 0) is 4.79 Å². The van der Waals surface area contributed by atoms with Crippen molar-refractivity contribution in [3.63, 3.8) is 0 Å². The Balaban J connectivity index is 2.75. The smallest absolute Gasteiger partial charge is 0.240 e. The van der Waals surface area contributed by atoms with Crippen LogP contribution in [0.2, 0.25) is 0 Å². The molecule has 1 rings (SSSR count). The minimum Gasteiger partial charge on any atom is -0.348 e. The first-order valence-electron chi connectivity index (χ1n) is 5.84. The molecule has 1 amide bonds. The fourth-order valence-electron chi connectivity index (χ4n) is 1.72. The summed E-state index contributed by atoms with van der Waals surface area (Å²) in [6.07, 6.45) is 1.09. The summed E-state index contributed by atoms with van der Waals surface area (Å²) >= 11 is 1.60. The topological polar surface area (TPSA) is 52.9 Å². The highest BCUT2D eigenvalue weighted by Gasteiger charge is 2.35. The standard InChI is InChI=1S/C13H18N2OS/c1-4-13(5-2,9-14)12(16)15-10(3)11-6-7-17-8-11/h6-8,10H,4-5H2,1-3H3,(H,15,16). The first kappa shape index (κ1) is 13.7. The van der Waals surface area contributed by atoms with Gasteiger partial charge in [0.25, 0.3) is 0 Å². The van der Waals surface area contributed by atoms with Gasteiger partial charge in [-0.25, -0.2) is 0 Å². The number of nitriles is 1. The monoisotopic (exact) mass is 250 g/mol. The van der Waals surface area contributed by atoms with Crippen molar-refractivity contribution in [3.05, 3.63) is 22.4 Å². The molecule has 0 spiro atoms. The second kappa shape index (κ2) is 5.83. The lowest BCUT2D eigenvalue weighted by Crippen LogP contribution is -2.40. The molecule has 0 radical (unpaired) electrons. The summed E-state index contributed by atoms with van der Waals surface area (Å²) in [7, 11) is 0. The molecule has 0 saturated heterocycles. The Bertz CT molecular complexity index is 402. The van der Waals surface area contributed by atoms with Crippen LogP contribution in [0.5, 0.6) is 0 Å². The van der Waals surface area contributed by atoms with Gasteiger partial charge in [0, 0.05) is 0 Å². The number of rotatable bonds is 5. The second-order valence-corrected chi connectivity index (χ2v) is 4.93. The first-order chi connectivity index (χ1) is 8.09. The first-order valence-corrected chi connectivity index (χ1v) is 6.78. The van der Waals surface area contributed by atoms with Crippen LogP contribution in [0.1, 0.15) is 45.2 Å². The highest BCUT2D eigenvalue weighted by molar-refractivity contribution is 7.07.